The van der Waals surface area contributed by atoms with Gasteiger partial charge in [-0.05, 0) is 57.8 Å². The molecule has 6 N–H and O–H groups in total. The molecule has 0 bridgehead atoms. The summed E-state index contributed by atoms with van der Waals surface area (Å²) in [5.74, 6) is -0.500. The van der Waals surface area contributed by atoms with Gasteiger partial charge >= 0.3 is 7.82 Å². The van der Waals surface area contributed by atoms with Gasteiger partial charge in [0, 0.05) is 6.54 Å². The Balaban J connectivity index is 4.62. The molecule has 0 saturated carbocycles. The fourth-order valence-corrected chi connectivity index (χ4v) is 5.26. The van der Waals surface area contributed by atoms with Gasteiger partial charge in [-0.3, -0.25) is 13.8 Å². The first-order chi connectivity index (χ1) is 21.8. The van der Waals surface area contributed by atoms with Crippen LogP contribution in [0.4, 0.5) is 0 Å². The number of carbonyl (C=O) groups excluding carboxylic acids is 1. The lowest BCUT2D eigenvalue weighted by atomic mass is 10.1. The van der Waals surface area contributed by atoms with E-state index in [0.717, 1.165) is 38.5 Å². The van der Waals surface area contributed by atoms with E-state index in [0.29, 0.717) is 12.8 Å². The molecular formula is C35H65N2O7P. The normalized spacial score (nSPS) is 15.8. The van der Waals surface area contributed by atoms with Crippen LogP contribution in [-0.4, -0.2) is 59.0 Å². The molecule has 0 aliphatic heterocycles. The molecule has 0 aromatic carbocycles. The number of phosphoric acid groups is 1. The van der Waals surface area contributed by atoms with Gasteiger partial charge in [0.15, 0.2) is 0 Å². The highest BCUT2D eigenvalue weighted by Gasteiger charge is 2.27. The molecule has 45 heavy (non-hydrogen) atoms. The van der Waals surface area contributed by atoms with E-state index in [1.165, 1.54) is 63.9 Å². The average Bonchev–Trinajstić information content (AvgIpc) is 3.01. The molecule has 4 atom stereocenters. The summed E-state index contributed by atoms with van der Waals surface area (Å²) in [5.41, 5.74) is 5.32. The Morgan fingerprint density at radius 1 is 0.756 bits per heavy atom. The van der Waals surface area contributed by atoms with Gasteiger partial charge in [-0.25, -0.2) is 4.57 Å². The maximum atomic E-state index is 12.6. The van der Waals surface area contributed by atoms with E-state index >= 15 is 0 Å². The number of unbranched alkanes of at least 4 members (excludes halogenated alkanes) is 12. The molecule has 0 saturated heterocycles. The van der Waals surface area contributed by atoms with Gasteiger partial charge in [0.05, 0.1) is 37.9 Å². The highest BCUT2D eigenvalue weighted by molar-refractivity contribution is 7.47. The van der Waals surface area contributed by atoms with E-state index in [9.17, 15) is 24.5 Å². The quantitative estimate of drug-likeness (QED) is 0.0291. The average molecular weight is 657 g/mol. The van der Waals surface area contributed by atoms with E-state index in [1.807, 2.05) is 12.2 Å². The summed E-state index contributed by atoms with van der Waals surface area (Å²) in [7, 11) is -4.41. The molecular weight excluding hydrogens is 591 g/mol. The predicted molar refractivity (Wildman–Crippen MR) is 186 cm³/mol. The van der Waals surface area contributed by atoms with E-state index in [4.69, 9.17) is 14.8 Å². The molecule has 0 spiro atoms. The number of phosphoric ester groups is 1. The third kappa shape index (κ3) is 29.6. The number of amides is 1. The van der Waals surface area contributed by atoms with Crippen molar-refractivity contribution in [2.45, 2.75) is 148 Å². The minimum absolute atomic E-state index is 0.0366. The van der Waals surface area contributed by atoms with Crippen LogP contribution in [0.5, 0.6) is 0 Å². The Kier molecular flexibility index (Phi) is 30.0. The molecule has 9 nitrogen and oxygen atoms in total. The number of hydrogen-bond donors (Lipinski definition) is 5. The summed E-state index contributed by atoms with van der Waals surface area (Å²) in [4.78, 5) is 22.5. The Labute approximate surface area is 274 Å². The molecule has 0 radical (unpaired) electrons. The molecule has 0 heterocycles. The van der Waals surface area contributed by atoms with Gasteiger partial charge in [0.25, 0.3) is 0 Å². The summed E-state index contributed by atoms with van der Waals surface area (Å²) >= 11 is 0. The van der Waals surface area contributed by atoms with Crippen molar-refractivity contribution in [2.75, 3.05) is 19.8 Å². The predicted octanol–water partition coefficient (Wildman–Crippen LogP) is 7.57. The molecule has 4 unspecified atom stereocenters. The van der Waals surface area contributed by atoms with Crippen molar-refractivity contribution in [3.63, 3.8) is 0 Å². The van der Waals surface area contributed by atoms with Crippen molar-refractivity contribution in [3.8, 4) is 0 Å². The molecule has 1 amide bonds. The Hall–Kier alpha value is -1.58. The lowest BCUT2D eigenvalue weighted by Gasteiger charge is -2.23. The van der Waals surface area contributed by atoms with E-state index in [2.05, 4.69) is 43.5 Å². The summed E-state index contributed by atoms with van der Waals surface area (Å²) in [6.45, 7) is 3.81. The third-order valence-corrected chi connectivity index (χ3v) is 8.14. The monoisotopic (exact) mass is 656 g/mol. The van der Waals surface area contributed by atoms with Crippen LogP contribution in [0.2, 0.25) is 0 Å². The van der Waals surface area contributed by atoms with E-state index in [-0.39, 0.29) is 19.6 Å². The van der Waals surface area contributed by atoms with Crippen LogP contribution >= 0.6 is 7.82 Å². The summed E-state index contributed by atoms with van der Waals surface area (Å²) in [6.07, 6.45) is 32.3. The minimum atomic E-state index is -4.41. The smallest absolute Gasteiger partial charge is 0.392 e. The second-order valence-corrected chi connectivity index (χ2v) is 13.0. The number of allylic oxidation sites excluding steroid dienone is 6. The van der Waals surface area contributed by atoms with Crippen LogP contribution in [0.25, 0.3) is 0 Å². The van der Waals surface area contributed by atoms with E-state index < -0.39 is 38.6 Å². The molecule has 0 aliphatic rings. The lowest BCUT2D eigenvalue weighted by molar-refractivity contribution is -0.124. The van der Waals surface area contributed by atoms with Gasteiger partial charge in [0.1, 0.15) is 0 Å². The zero-order valence-corrected chi connectivity index (χ0v) is 29.1. The van der Waals surface area contributed by atoms with Crippen molar-refractivity contribution in [1.29, 1.82) is 0 Å². The highest BCUT2D eigenvalue weighted by Crippen LogP contribution is 2.43. The minimum Gasteiger partial charge on any atom is -0.392 e. The molecule has 10 heteroatoms. The summed E-state index contributed by atoms with van der Waals surface area (Å²) in [5, 5.41) is 23.6. The molecule has 0 aromatic rings. The van der Waals surface area contributed by atoms with Gasteiger partial charge in [-0.15, -0.1) is 0 Å². The Bertz CT molecular complexity index is 863. The van der Waals surface area contributed by atoms with Gasteiger partial charge in [-0.1, -0.05) is 114 Å². The fraction of sp³-hybridized carbons (Fsp3) is 0.743. The van der Waals surface area contributed by atoms with Gasteiger partial charge < -0.3 is 26.2 Å². The van der Waals surface area contributed by atoms with Gasteiger partial charge in [-0.2, -0.15) is 0 Å². The number of rotatable bonds is 31. The van der Waals surface area contributed by atoms with Crippen LogP contribution in [0.15, 0.2) is 48.6 Å². The Morgan fingerprint density at radius 2 is 1.27 bits per heavy atom. The Morgan fingerprint density at radius 3 is 1.87 bits per heavy atom. The number of nitrogens with one attached hydrogen (secondary N) is 1. The number of nitrogens with two attached hydrogens (primary N) is 1. The zero-order valence-electron chi connectivity index (χ0n) is 28.2. The number of aliphatic hydroxyl groups is 2. The number of carbonyl (C=O) groups is 1. The number of hydrogen-bond acceptors (Lipinski definition) is 7. The molecule has 0 aliphatic carbocycles. The summed E-state index contributed by atoms with van der Waals surface area (Å²) in [6, 6.07) is -1.02. The highest BCUT2D eigenvalue weighted by atomic mass is 31.2. The summed E-state index contributed by atoms with van der Waals surface area (Å²) < 4.78 is 21.9. The maximum absolute atomic E-state index is 12.6. The van der Waals surface area contributed by atoms with Crippen LogP contribution in [0, 0.1) is 0 Å². The first-order valence-corrected chi connectivity index (χ1v) is 18.8. The van der Waals surface area contributed by atoms with Crippen molar-refractivity contribution >= 4 is 13.7 Å². The van der Waals surface area contributed by atoms with Crippen molar-refractivity contribution in [1.82, 2.24) is 5.32 Å². The lowest BCUT2D eigenvalue weighted by Crippen LogP contribution is -2.46. The molecule has 0 rings (SSSR count). The zero-order chi connectivity index (χ0) is 33.4. The molecule has 262 valence electrons. The SMILES string of the molecule is CCCCCC/C=C\CC(O)CC(=O)NC(COP(=O)(O)OCCN)C(O)/C=C/CC/C=C/CC/C=C/CCCCCCCC. The third-order valence-electron chi connectivity index (χ3n) is 7.16. The number of aliphatic hydroxyl groups excluding tert-OH is 2. The second-order valence-electron chi connectivity index (χ2n) is 11.5. The van der Waals surface area contributed by atoms with Crippen molar-refractivity contribution in [2.24, 2.45) is 5.73 Å². The topological polar surface area (TPSA) is 151 Å². The molecule has 0 fully saturated rings. The first kappa shape index (κ1) is 43.4. The van der Waals surface area contributed by atoms with E-state index in [1.54, 1.807) is 6.08 Å². The standard InChI is InChI=1S/C35H65N2O7P/c1-3-5-7-9-11-12-13-14-15-16-17-18-19-21-23-25-27-34(39)33(31-44-45(41,42)43-29-28-36)37-35(40)30-32(38)26-24-22-20-10-8-6-4-2/h14-15,18-19,22,24-25,27,32-34,38-39H,3-13,16-17,20-21,23,26,28-31,36H2,1-2H3,(H,37,40)(H,41,42)/b15-14+,19-18+,24-22-,27-25+. The second kappa shape index (κ2) is 31.0. The van der Waals surface area contributed by atoms with Crippen molar-refractivity contribution < 1.29 is 33.5 Å². The van der Waals surface area contributed by atoms with Crippen LogP contribution in [0.3, 0.4) is 0 Å². The first-order valence-electron chi connectivity index (χ1n) is 17.3. The molecule has 0 aromatic heterocycles. The van der Waals surface area contributed by atoms with Crippen molar-refractivity contribution in [3.05, 3.63) is 48.6 Å². The van der Waals surface area contributed by atoms with Crippen LogP contribution < -0.4 is 11.1 Å². The van der Waals surface area contributed by atoms with Crippen LogP contribution in [0.1, 0.15) is 129 Å². The maximum Gasteiger partial charge on any atom is 0.472 e. The fourth-order valence-electron chi connectivity index (χ4n) is 4.50. The van der Waals surface area contributed by atoms with Gasteiger partial charge in [0.2, 0.25) is 5.91 Å². The largest absolute Gasteiger partial charge is 0.472 e. The van der Waals surface area contributed by atoms with Crippen LogP contribution in [-0.2, 0) is 18.4 Å².